The Morgan fingerprint density at radius 3 is 2.26 bits per heavy atom. The van der Waals surface area contributed by atoms with Gasteiger partial charge in [0.05, 0.1) is 16.6 Å². The summed E-state index contributed by atoms with van der Waals surface area (Å²) in [5, 5.41) is 1.14. The molecule has 0 radical (unpaired) electrons. The molecule has 0 fully saturated rings. The van der Waals surface area contributed by atoms with Crippen molar-refractivity contribution in [1.29, 1.82) is 0 Å². The number of aromatic nitrogens is 1. The molecular formula is C15H15Cl2N2+. The molecule has 0 spiro atoms. The minimum Gasteiger partial charge on any atom is -0.325 e. The second-order valence-electron chi connectivity index (χ2n) is 4.16. The van der Waals surface area contributed by atoms with Crippen LogP contribution in [-0.2, 0) is 6.54 Å². The monoisotopic (exact) mass is 293 g/mol. The topological polar surface area (TPSA) is 29.9 Å². The summed E-state index contributed by atoms with van der Waals surface area (Å²) >= 11 is 11.8. The molecule has 2 rings (SSSR count). The van der Waals surface area contributed by atoms with Gasteiger partial charge >= 0.3 is 0 Å². The SMILES string of the molecule is NCC[n+]1ccc(/C=C/c2ccc(Cl)c(Cl)c2)cc1. The fraction of sp³-hybridized carbons (Fsp3) is 0.133. The average molecular weight is 294 g/mol. The first-order valence-corrected chi connectivity index (χ1v) is 6.77. The fourth-order valence-electron chi connectivity index (χ4n) is 1.69. The first-order chi connectivity index (χ1) is 9.19. The second-order valence-corrected chi connectivity index (χ2v) is 4.98. The van der Waals surface area contributed by atoms with E-state index in [4.69, 9.17) is 28.9 Å². The lowest BCUT2D eigenvalue weighted by Gasteiger charge is -1.98. The minimum absolute atomic E-state index is 0.567. The van der Waals surface area contributed by atoms with Crippen LogP contribution in [0.15, 0.2) is 42.7 Å². The van der Waals surface area contributed by atoms with Crippen LogP contribution in [0.4, 0.5) is 0 Å². The zero-order chi connectivity index (χ0) is 13.7. The van der Waals surface area contributed by atoms with E-state index in [0.29, 0.717) is 16.6 Å². The first-order valence-electron chi connectivity index (χ1n) is 6.01. The third kappa shape index (κ3) is 4.06. The Bertz CT molecular complexity index is 577. The minimum atomic E-state index is 0.567. The molecule has 4 heteroatoms. The third-order valence-corrected chi connectivity index (χ3v) is 3.46. The standard InChI is InChI=1S/C15H15Cl2N2/c16-14-4-3-13(11-15(14)17)2-1-12-5-8-19(9-6-12)10-7-18/h1-6,8-9,11H,7,10,18H2/q+1/b2-1+. The molecule has 2 nitrogen and oxygen atoms in total. The fourth-order valence-corrected chi connectivity index (χ4v) is 1.99. The summed E-state index contributed by atoms with van der Waals surface area (Å²) in [7, 11) is 0. The maximum absolute atomic E-state index is 5.97. The largest absolute Gasteiger partial charge is 0.325 e. The van der Waals surface area contributed by atoms with Crippen LogP contribution in [0.25, 0.3) is 12.2 Å². The van der Waals surface area contributed by atoms with Crippen LogP contribution in [0, 0.1) is 0 Å². The molecule has 0 saturated heterocycles. The predicted molar refractivity (Wildman–Crippen MR) is 81.1 cm³/mol. The van der Waals surface area contributed by atoms with Gasteiger partial charge in [0.2, 0.25) is 0 Å². The van der Waals surface area contributed by atoms with Crippen LogP contribution in [-0.4, -0.2) is 6.54 Å². The van der Waals surface area contributed by atoms with Gasteiger partial charge in [-0.2, -0.15) is 0 Å². The van der Waals surface area contributed by atoms with Crippen molar-refractivity contribution in [2.45, 2.75) is 6.54 Å². The molecule has 0 aliphatic rings. The molecule has 0 unspecified atom stereocenters. The van der Waals surface area contributed by atoms with Gasteiger partial charge in [-0.25, -0.2) is 4.57 Å². The van der Waals surface area contributed by atoms with E-state index in [9.17, 15) is 0 Å². The molecule has 2 N–H and O–H groups in total. The van der Waals surface area contributed by atoms with Crippen molar-refractivity contribution < 1.29 is 4.57 Å². The summed E-state index contributed by atoms with van der Waals surface area (Å²) in [5.41, 5.74) is 7.65. The molecule has 2 aromatic rings. The molecule has 0 bridgehead atoms. The van der Waals surface area contributed by atoms with Crippen LogP contribution in [0.5, 0.6) is 0 Å². The number of hydrogen-bond donors (Lipinski definition) is 1. The highest BCUT2D eigenvalue weighted by Gasteiger charge is 1.98. The van der Waals surface area contributed by atoms with Gasteiger partial charge in [-0.1, -0.05) is 41.4 Å². The van der Waals surface area contributed by atoms with Crippen molar-refractivity contribution in [3.8, 4) is 0 Å². The molecular weight excluding hydrogens is 279 g/mol. The van der Waals surface area contributed by atoms with Crippen molar-refractivity contribution in [1.82, 2.24) is 0 Å². The van der Waals surface area contributed by atoms with Gasteiger partial charge in [0.25, 0.3) is 0 Å². The Morgan fingerprint density at radius 1 is 0.947 bits per heavy atom. The Hall–Kier alpha value is -1.35. The molecule has 0 aliphatic heterocycles. The van der Waals surface area contributed by atoms with Gasteiger partial charge in [0, 0.05) is 12.1 Å². The number of nitrogens with zero attached hydrogens (tertiary/aromatic N) is 1. The molecule has 19 heavy (non-hydrogen) atoms. The van der Waals surface area contributed by atoms with Crippen LogP contribution in [0.1, 0.15) is 11.1 Å². The van der Waals surface area contributed by atoms with E-state index in [2.05, 4.69) is 4.57 Å². The quantitative estimate of drug-likeness (QED) is 0.860. The molecule has 0 aliphatic carbocycles. The number of hydrogen-bond acceptors (Lipinski definition) is 1. The van der Waals surface area contributed by atoms with Crippen molar-refractivity contribution in [3.05, 3.63) is 63.9 Å². The van der Waals surface area contributed by atoms with E-state index in [-0.39, 0.29) is 0 Å². The van der Waals surface area contributed by atoms with Crippen LogP contribution in [0.2, 0.25) is 10.0 Å². The Balaban J connectivity index is 2.11. The number of halogens is 2. The number of rotatable bonds is 4. The Labute approximate surface area is 123 Å². The van der Waals surface area contributed by atoms with E-state index in [1.54, 1.807) is 6.07 Å². The highest BCUT2D eigenvalue weighted by atomic mass is 35.5. The van der Waals surface area contributed by atoms with E-state index < -0.39 is 0 Å². The molecule has 1 aromatic heterocycles. The lowest BCUT2D eigenvalue weighted by atomic mass is 10.1. The summed E-state index contributed by atoms with van der Waals surface area (Å²) in [4.78, 5) is 0. The number of pyridine rings is 1. The van der Waals surface area contributed by atoms with E-state index in [0.717, 1.165) is 17.7 Å². The van der Waals surface area contributed by atoms with Crippen LogP contribution < -0.4 is 10.3 Å². The highest BCUT2D eigenvalue weighted by Crippen LogP contribution is 2.23. The Morgan fingerprint density at radius 2 is 1.63 bits per heavy atom. The number of nitrogens with two attached hydrogens (primary N) is 1. The van der Waals surface area contributed by atoms with Gasteiger partial charge in [0.1, 0.15) is 0 Å². The van der Waals surface area contributed by atoms with Crippen LogP contribution >= 0.6 is 23.2 Å². The molecule has 0 saturated carbocycles. The van der Waals surface area contributed by atoms with E-state index >= 15 is 0 Å². The van der Waals surface area contributed by atoms with Gasteiger partial charge in [-0.15, -0.1) is 0 Å². The van der Waals surface area contributed by atoms with Gasteiger partial charge in [-0.05, 0) is 23.3 Å². The van der Waals surface area contributed by atoms with Crippen molar-refractivity contribution in [2.24, 2.45) is 5.73 Å². The van der Waals surface area contributed by atoms with E-state index in [1.165, 1.54) is 0 Å². The normalized spacial score (nSPS) is 11.1. The highest BCUT2D eigenvalue weighted by molar-refractivity contribution is 6.42. The zero-order valence-corrected chi connectivity index (χ0v) is 11.9. The summed E-state index contributed by atoms with van der Waals surface area (Å²) in [6.45, 7) is 1.47. The Kier molecular flexibility index (Phi) is 4.97. The predicted octanol–water partition coefficient (Wildman–Crippen LogP) is 3.41. The summed E-state index contributed by atoms with van der Waals surface area (Å²) in [5.74, 6) is 0. The third-order valence-electron chi connectivity index (χ3n) is 2.72. The lowest BCUT2D eigenvalue weighted by molar-refractivity contribution is -0.694. The second kappa shape index (κ2) is 6.71. The summed E-state index contributed by atoms with van der Waals surface area (Å²) in [6, 6.07) is 9.66. The smallest absolute Gasteiger partial charge is 0.169 e. The maximum Gasteiger partial charge on any atom is 0.169 e. The molecule has 1 aromatic carbocycles. The summed E-state index contributed by atoms with van der Waals surface area (Å²) < 4.78 is 2.05. The average Bonchev–Trinajstić information content (AvgIpc) is 2.42. The first kappa shape index (κ1) is 14.1. The van der Waals surface area contributed by atoms with Crippen molar-refractivity contribution in [3.63, 3.8) is 0 Å². The van der Waals surface area contributed by atoms with Crippen molar-refractivity contribution >= 4 is 35.4 Å². The molecule has 0 amide bonds. The molecule has 1 heterocycles. The summed E-state index contributed by atoms with van der Waals surface area (Å²) in [6.07, 6.45) is 8.07. The zero-order valence-electron chi connectivity index (χ0n) is 10.4. The molecule has 98 valence electrons. The van der Waals surface area contributed by atoms with Crippen LogP contribution in [0.3, 0.4) is 0 Å². The number of benzene rings is 1. The van der Waals surface area contributed by atoms with Crippen molar-refractivity contribution in [2.75, 3.05) is 6.54 Å². The van der Waals surface area contributed by atoms with Gasteiger partial charge in [0.15, 0.2) is 18.9 Å². The lowest BCUT2D eigenvalue weighted by Crippen LogP contribution is -2.36. The van der Waals surface area contributed by atoms with Gasteiger partial charge in [-0.3, -0.25) is 0 Å². The molecule has 0 atom stereocenters. The van der Waals surface area contributed by atoms with Gasteiger partial charge < -0.3 is 5.73 Å². The van der Waals surface area contributed by atoms with E-state index in [1.807, 2.05) is 48.8 Å². The maximum atomic E-state index is 5.97.